The van der Waals surface area contributed by atoms with Crippen molar-refractivity contribution in [1.82, 2.24) is 0 Å². The molecule has 5 heteroatoms. The zero-order valence-corrected chi connectivity index (χ0v) is 17.8. The molecular weight excluding hydrogens is 372 g/mol. The fraction of sp³-hybridized carbons (Fsp3) is 0.348. The topological polar surface area (TPSA) is 60.4 Å². The van der Waals surface area contributed by atoms with Crippen molar-refractivity contribution in [2.75, 3.05) is 6.26 Å². The van der Waals surface area contributed by atoms with E-state index in [1.807, 2.05) is 25.1 Å². The van der Waals surface area contributed by atoms with Crippen LogP contribution in [-0.4, -0.2) is 26.1 Å². The van der Waals surface area contributed by atoms with Crippen LogP contribution in [0.25, 0.3) is 11.3 Å². The maximum Gasteiger partial charge on any atom is 0.210 e. The molecule has 1 heterocycles. The molecular formula is C23H26O4S. The second-order valence-electron chi connectivity index (χ2n) is 7.80. The Morgan fingerprint density at radius 1 is 1.04 bits per heavy atom. The minimum atomic E-state index is -3.29. The normalized spacial score (nSPS) is 20.0. The van der Waals surface area contributed by atoms with Gasteiger partial charge >= 0.3 is 0 Å². The first-order chi connectivity index (χ1) is 13.1. The summed E-state index contributed by atoms with van der Waals surface area (Å²) in [5, 5.41) is 0. The predicted molar refractivity (Wildman–Crippen MR) is 112 cm³/mol. The van der Waals surface area contributed by atoms with Crippen molar-refractivity contribution in [2.45, 2.75) is 50.5 Å². The van der Waals surface area contributed by atoms with Gasteiger partial charge in [-0.3, -0.25) is 4.79 Å². The summed E-state index contributed by atoms with van der Waals surface area (Å²) in [4.78, 5) is 13.5. The van der Waals surface area contributed by atoms with Crippen LogP contribution in [0.1, 0.15) is 56.7 Å². The highest BCUT2D eigenvalue weighted by Crippen LogP contribution is 2.43. The van der Waals surface area contributed by atoms with Gasteiger partial charge in [-0.15, -0.1) is 0 Å². The standard InChI is InChI=1S/C23H26O4S/c1-6-23(4)22(24)20(18-9-7-8-17(14-18)15(2)3)21(27-23)16-10-12-19(13-11-16)28(5,25)26/h7-15H,6H2,1-5H3. The predicted octanol–water partition coefficient (Wildman–Crippen LogP) is 4.85. The molecule has 0 aromatic heterocycles. The van der Waals surface area contributed by atoms with E-state index in [1.54, 1.807) is 31.2 Å². The summed E-state index contributed by atoms with van der Waals surface area (Å²) in [6.07, 6.45) is 1.72. The minimum Gasteiger partial charge on any atom is -0.478 e. The van der Waals surface area contributed by atoms with E-state index >= 15 is 0 Å². The van der Waals surface area contributed by atoms with Crippen molar-refractivity contribution in [3.63, 3.8) is 0 Å². The van der Waals surface area contributed by atoms with Crippen LogP contribution in [0.15, 0.2) is 53.4 Å². The molecule has 0 bridgehead atoms. The molecule has 0 fully saturated rings. The van der Waals surface area contributed by atoms with Crippen molar-refractivity contribution in [1.29, 1.82) is 0 Å². The van der Waals surface area contributed by atoms with Gasteiger partial charge in [0.25, 0.3) is 0 Å². The molecule has 0 N–H and O–H groups in total. The summed E-state index contributed by atoms with van der Waals surface area (Å²) in [5.41, 5.74) is 2.31. The molecule has 0 saturated heterocycles. The van der Waals surface area contributed by atoms with Crippen LogP contribution in [0.5, 0.6) is 0 Å². The van der Waals surface area contributed by atoms with Crippen molar-refractivity contribution >= 4 is 27.0 Å². The molecule has 2 aromatic rings. The van der Waals surface area contributed by atoms with Crippen LogP contribution in [0.3, 0.4) is 0 Å². The molecule has 3 rings (SSSR count). The first-order valence-corrected chi connectivity index (χ1v) is 11.3. The lowest BCUT2D eigenvalue weighted by atomic mass is 9.88. The second kappa shape index (κ2) is 7.21. The van der Waals surface area contributed by atoms with Crippen molar-refractivity contribution < 1.29 is 17.9 Å². The zero-order chi connectivity index (χ0) is 20.7. The van der Waals surface area contributed by atoms with Gasteiger partial charge in [-0.25, -0.2) is 8.42 Å². The second-order valence-corrected chi connectivity index (χ2v) is 9.81. The molecule has 1 aliphatic rings. The molecule has 148 valence electrons. The van der Waals surface area contributed by atoms with E-state index < -0.39 is 15.4 Å². The SMILES string of the molecule is CCC1(C)OC(c2ccc(S(C)(=O)=O)cc2)=C(c2cccc(C(C)C)c2)C1=O. The summed E-state index contributed by atoms with van der Waals surface area (Å²) in [6.45, 7) is 7.96. The third kappa shape index (κ3) is 3.63. The van der Waals surface area contributed by atoms with Gasteiger partial charge in [0, 0.05) is 11.8 Å². The molecule has 0 spiro atoms. The summed E-state index contributed by atoms with van der Waals surface area (Å²) in [7, 11) is -3.29. The van der Waals surface area contributed by atoms with Crippen molar-refractivity contribution in [3.8, 4) is 0 Å². The zero-order valence-electron chi connectivity index (χ0n) is 16.9. The molecule has 1 aliphatic heterocycles. The van der Waals surface area contributed by atoms with E-state index in [9.17, 15) is 13.2 Å². The summed E-state index contributed by atoms with van der Waals surface area (Å²) < 4.78 is 29.7. The molecule has 0 aliphatic carbocycles. The van der Waals surface area contributed by atoms with Crippen LogP contribution in [0, 0.1) is 0 Å². The highest BCUT2D eigenvalue weighted by molar-refractivity contribution is 7.90. The lowest BCUT2D eigenvalue weighted by Gasteiger charge is -2.21. The van der Waals surface area contributed by atoms with Gasteiger partial charge in [0.2, 0.25) is 5.78 Å². The van der Waals surface area contributed by atoms with Gasteiger partial charge in [0.05, 0.1) is 10.5 Å². The van der Waals surface area contributed by atoms with E-state index in [-0.39, 0.29) is 10.7 Å². The summed E-state index contributed by atoms with van der Waals surface area (Å²) >= 11 is 0. The van der Waals surface area contributed by atoms with Crippen LogP contribution in [0.4, 0.5) is 0 Å². The molecule has 4 nitrogen and oxygen atoms in total. The molecule has 1 unspecified atom stereocenters. The monoisotopic (exact) mass is 398 g/mol. The van der Waals surface area contributed by atoms with E-state index in [4.69, 9.17) is 4.74 Å². The lowest BCUT2D eigenvalue weighted by molar-refractivity contribution is -0.126. The quantitative estimate of drug-likeness (QED) is 0.722. The lowest BCUT2D eigenvalue weighted by Crippen LogP contribution is -2.32. The smallest absolute Gasteiger partial charge is 0.210 e. The number of carbonyl (C=O) groups is 1. The van der Waals surface area contributed by atoms with Crippen LogP contribution < -0.4 is 0 Å². The highest BCUT2D eigenvalue weighted by atomic mass is 32.2. The fourth-order valence-electron chi connectivity index (χ4n) is 3.30. The number of sulfone groups is 1. The van der Waals surface area contributed by atoms with E-state index in [0.29, 0.717) is 29.2 Å². The Kier molecular flexibility index (Phi) is 5.24. The number of benzene rings is 2. The first-order valence-electron chi connectivity index (χ1n) is 9.45. The van der Waals surface area contributed by atoms with Crippen LogP contribution >= 0.6 is 0 Å². The maximum absolute atomic E-state index is 13.3. The molecule has 1 atom stereocenters. The number of carbonyl (C=O) groups excluding carboxylic acids is 1. The largest absolute Gasteiger partial charge is 0.478 e. The van der Waals surface area contributed by atoms with Gasteiger partial charge < -0.3 is 4.74 Å². The number of ether oxygens (including phenoxy) is 1. The highest BCUT2D eigenvalue weighted by Gasteiger charge is 2.45. The van der Waals surface area contributed by atoms with Gasteiger partial charge in [0.15, 0.2) is 15.4 Å². The average Bonchev–Trinajstić information content (AvgIpc) is 2.93. The third-order valence-corrected chi connectivity index (χ3v) is 6.45. The molecule has 0 saturated carbocycles. The Labute approximate surface area is 167 Å². The Morgan fingerprint density at radius 3 is 2.21 bits per heavy atom. The molecule has 0 radical (unpaired) electrons. The Bertz CT molecular complexity index is 1050. The van der Waals surface area contributed by atoms with Gasteiger partial charge in [-0.05, 0) is 54.7 Å². The average molecular weight is 399 g/mol. The Hall–Kier alpha value is -2.40. The van der Waals surface area contributed by atoms with E-state index in [2.05, 4.69) is 19.9 Å². The first kappa shape index (κ1) is 20.3. The van der Waals surface area contributed by atoms with Crippen LogP contribution in [-0.2, 0) is 19.4 Å². The summed E-state index contributed by atoms with van der Waals surface area (Å²) in [6, 6.07) is 14.5. The van der Waals surface area contributed by atoms with E-state index in [0.717, 1.165) is 11.1 Å². The summed E-state index contributed by atoms with van der Waals surface area (Å²) in [5.74, 6) is 0.807. The van der Waals surface area contributed by atoms with Gasteiger partial charge in [0.1, 0.15) is 5.76 Å². The molecule has 28 heavy (non-hydrogen) atoms. The van der Waals surface area contributed by atoms with Gasteiger partial charge in [-0.1, -0.05) is 45.0 Å². The maximum atomic E-state index is 13.3. The van der Waals surface area contributed by atoms with Crippen molar-refractivity contribution in [2.24, 2.45) is 0 Å². The van der Waals surface area contributed by atoms with Crippen LogP contribution in [0.2, 0.25) is 0 Å². The fourth-order valence-corrected chi connectivity index (χ4v) is 3.93. The number of hydrogen-bond acceptors (Lipinski definition) is 4. The number of ketones is 1. The molecule has 2 aromatic carbocycles. The van der Waals surface area contributed by atoms with Gasteiger partial charge in [-0.2, -0.15) is 0 Å². The van der Waals surface area contributed by atoms with E-state index in [1.165, 1.54) is 6.26 Å². The number of hydrogen-bond donors (Lipinski definition) is 0. The molecule has 0 amide bonds. The minimum absolute atomic E-state index is 0.0434. The number of Topliss-reactive ketones (excluding diaryl/α,β-unsaturated/α-hetero) is 1. The number of rotatable bonds is 5. The third-order valence-electron chi connectivity index (χ3n) is 5.32. The Balaban J connectivity index is 2.18. The van der Waals surface area contributed by atoms with Crippen molar-refractivity contribution in [3.05, 3.63) is 65.2 Å². The Morgan fingerprint density at radius 2 is 1.68 bits per heavy atom.